The van der Waals surface area contributed by atoms with Crippen molar-refractivity contribution in [1.82, 2.24) is 18.1 Å². The third-order valence-corrected chi connectivity index (χ3v) is 6.47. The van der Waals surface area contributed by atoms with Gasteiger partial charge in [-0.2, -0.15) is 4.98 Å². The molecular weight excluding hydrogens is 556 g/mol. The van der Waals surface area contributed by atoms with Gasteiger partial charge in [0, 0.05) is 47.6 Å². The maximum atomic E-state index is 12.1. The van der Waals surface area contributed by atoms with Crippen LogP contribution < -0.4 is 8.80 Å². The van der Waals surface area contributed by atoms with Gasteiger partial charge in [-0.1, -0.05) is 30.3 Å². The number of rotatable bonds is 6. The standard InChI is InChI=1S/C18H19I2N5O/c1-12(2)24(19)10-11-25(20)17-14-8-9-15(13-6-4-3-5-7-13)21-16(14)22-18(26)23-17/h3-9,12H,10-11H2,1-2H3,(H,21,22,23,26). The van der Waals surface area contributed by atoms with Crippen molar-refractivity contribution in [3.63, 3.8) is 0 Å². The number of pyridine rings is 1. The van der Waals surface area contributed by atoms with Crippen LogP contribution in [0.2, 0.25) is 0 Å². The zero-order valence-electron chi connectivity index (χ0n) is 14.5. The highest BCUT2D eigenvalue weighted by molar-refractivity contribution is 14.1. The number of aromatic amines is 1. The Kier molecular flexibility index (Phi) is 6.46. The number of aromatic nitrogens is 3. The van der Waals surface area contributed by atoms with E-state index in [4.69, 9.17) is 0 Å². The lowest BCUT2D eigenvalue weighted by molar-refractivity contribution is 0.441. The molecule has 0 aliphatic heterocycles. The molecule has 3 aromatic rings. The van der Waals surface area contributed by atoms with E-state index in [0.29, 0.717) is 17.5 Å². The van der Waals surface area contributed by atoms with Gasteiger partial charge in [0.05, 0.1) is 33.9 Å². The molecule has 1 N–H and O–H groups in total. The molecule has 2 aromatic heterocycles. The predicted octanol–water partition coefficient (Wildman–Crippen LogP) is 4.20. The smallest absolute Gasteiger partial charge is 0.297 e. The molecule has 26 heavy (non-hydrogen) atoms. The Morgan fingerprint density at radius 3 is 2.46 bits per heavy atom. The molecule has 0 bridgehead atoms. The van der Waals surface area contributed by atoms with E-state index in [1.54, 1.807) is 0 Å². The predicted molar refractivity (Wildman–Crippen MR) is 123 cm³/mol. The van der Waals surface area contributed by atoms with Crippen molar-refractivity contribution in [3.8, 4) is 11.3 Å². The number of benzene rings is 1. The largest absolute Gasteiger partial charge is 0.348 e. The fraction of sp³-hybridized carbons (Fsp3) is 0.278. The van der Waals surface area contributed by atoms with Gasteiger partial charge in [0.25, 0.3) is 0 Å². The number of H-pyrrole nitrogens is 1. The number of hydrogen-bond donors (Lipinski definition) is 1. The van der Waals surface area contributed by atoms with Gasteiger partial charge in [0.15, 0.2) is 5.82 Å². The monoisotopic (exact) mass is 575 g/mol. The Labute approximate surface area is 180 Å². The Morgan fingerprint density at radius 2 is 1.77 bits per heavy atom. The minimum atomic E-state index is -0.387. The lowest BCUT2D eigenvalue weighted by Crippen LogP contribution is -2.29. The summed E-state index contributed by atoms with van der Waals surface area (Å²) < 4.78 is 4.21. The molecule has 1 aromatic carbocycles. The molecule has 136 valence electrons. The van der Waals surface area contributed by atoms with Crippen molar-refractivity contribution in [2.24, 2.45) is 0 Å². The average Bonchev–Trinajstić information content (AvgIpc) is 2.65. The number of fused-ring (bicyclic) bond motifs is 1. The molecule has 0 unspecified atom stereocenters. The van der Waals surface area contributed by atoms with Crippen molar-refractivity contribution in [1.29, 1.82) is 0 Å². The molecule has 0 spiro atoms. The highest BCUT2D eigenvalue weighted by Gasteiger charge is 2.15. The molecule has 0 fully saturated rings. The summed E-state index contributed by atoms with van der Waals surface area (Å²) in [5.74, 6) is 0.644. The highest BCUT2D eigenvalue weighted by atomic mass is 127. The molecule has 6 nitrogen and oxygen atoms in total. The number of nitrogens with zero attached hydrogens (tertiary/aromatic N) is 4. The first-order valence-electron chi connectivity index (χ1n) is 8.28. The van der Waals surface area contributed by atoms with Crippen molar-refractivity contribution >= 4 is 62.6 Å². The lowest BCUT2D eigenvalue weighted by Gasteiger charge is -2.22. The van der Waals surface area contributed by atoms with Gasteiger partial charge in [-0.15, -0.1) is 0 Å². The summed E-state index contributed by atoms with van der Waals surface area (Å²) in [5, 5.41) is 0.836. The van der Waals surface area contributed by atoms with Gasteiger partial charge in [-0.3, -0.25) is 8.10 Å². The summed E-state index contributed by atoms with van der Waals surface area (Å²) in [5.41, 5.74) is 2.00. The molecule has 0 saturated heterocycles. The van der Waals surface area contributed by atoms with E-state index in [1.165, 1.54) is 0 Å². The van der Waals surface area contributed by atoms with Gasteiger partial charge in [-0.25, -0.2) is 12.9 Å². The van der Waals surface area contributed by atoms with Crippen LogP contribution in [0.25, 0.3) is 22.3 Å². The van der Waals surface area contributed by atoms with E-state index in [0.717, 1.165) is 29.7 Å². The molecule has 0 aliphatic carbocycles. The SMILES string of the molecule is CC(C)N(I)CCN(I)c1nc(=O)[nH]c2nc(-c3ccccc3)ccc12. The van der Waals surface area contributed by atoms with Gasteiger partial charge in [0.2, 0.25) is 0 Å². The fourth-order valence-corrected chi connectivity index (χ4v) is 3.32. The third kappa shape index (κ3) is 4.52. The van der Waals surface area contributed by atoms with E-state index in [2.05, 4.69) is 77.6 Å². The van der Waals surface area contributed by atoms with Crippen LogP contribution in [0.4, 0.5) is 5.82 Å². The molecule has 0 saturated carbocycles. The van der Waals surface area contributed by atoms with E-state index in [-0.39, 0.29) is 5.69 Å². The summed E-state index contributed by atoms with van der Waals surface area (Å²) in [4.78, 5) is 23.6. The molecule has 2 heterocycles. The van der Waals surface area contributed by atoms with Crippen LogP contribution in [0.1, 0.15) is 13.8 Å². The Hall–Kier alpha value is -1.27. The second-order valence-corrected chi connectivity index (χ2v) is 8.53. The molecule has 8 heteroatoms. The first kappa shape index (κ1) is 19.5. The number of nitrogens with one attached hydrogen (secondary N) is 1. The normalized spacial score (nSPS) is 11.5. The summed E-state index contributed by atoms with van der Waals surface area (Å²) in [6.07, 6.45) is 0. The second kappa shape index (κ2) is 8.61. The lowest BCUT2D eigenvalue weighted by atomic mass is 10.1. The highest BCUT2D eigenvalue weighted by Crippen LogP contribution is 2.26. The fourth-order valence-electron chi connectivity index (χ4n) is 2.52. The Bertz CT molecular complexity index is 945. The molecule has 3 rings (SSSR count). The molecular formula is C18H19I2N5O. The zero-order valence-corrected chi connectivity index (χ0v) is 18.8. The molecule has 0 radical (unpaired) electrons. The van der Waals surface area contributed by atoms with Gasteiger partial charge < -0.3 is 0 Å². The van der Waals surface area contributed by atoms with E-state index in [9.17, 15) is 4.79 Å². The van der Waals surface area contributed by atoms with Crippen LogP contribution in [0.15, 0.2) is 47.3 Å². The van der Waals surface area contributed by atoms with Gasteiger partial charge in [0.1, 0.15) is 5.65 Å². The Morgan fingerprint density at radius 1 is 1.04 bits per heavy atom. The quantitative estimate of drug-likeness (QED) is 0.353. The Balaban J connectivity index is 1.95. The molecule has 0 atom stereocenters. The number of halogens is 2. The maximum Gasteiger partial charge on any atom is 0.348 e. The van der Waals surface area contributed by atoms with E-state index >= 15 is 0 Å². The number of anilines is 1. The van der Waals surface area contributed by atoms with Gasteiger partial charge in [-0.05, 0) is 26.0 Å². The van der Waals surface area contributed by atoms with Crippen LogP contribution >= 0.6 is 45.7 Å². The summed E-state index contributed by atoms with van der Waals surface area (Å²) >= 11 is 4.53. The summed E-state index contributed by atoms with van der Waals surface area (Å²) in [6.45, 7) is 5.93. The van der Waals surface area contributed by atoms with Crippen LogP contribution in [0.5, 0.6) is 0 Å². The summed E-state index contributed by atoms with van der Waals surface area (Å²) in [6, 6.07) is 14.3. The minimum absolute atomic E-state index is 0.387. The third-order valence-electron chi connectivity index (χ3n) is 3.94. The van der Waals surface area contributed by atoms with Crippen LogP contribution in [-0.2, 0) is 0 Å². The topological polar surface area (TPSA) is 65.1 Å². The van der Waals surface area contributed by atoms with Gasteiger partial charge >= 0.3 is 5.69 Å². The van der Waals surface area contributed by atoms with E-state index < -0.39 is 0 Å². The number of hydrogen-bond acceptors (Lipinski definition) is 5. The second-order valence-electron chi connectivity index (χ2n) is 6.13. The van der Waals surface area contributed by atoms with Crippen molar-refractivity contribution < 1.29 is 0 Å². The van der Waals surface area contributed by atoms with Crippen molar-refractivity contribution in [2.75, 3.05) is 16.2 Å². The average molecular weight is 575 g/mol. The van der Waals surface area contributed by atoms with Crippen LogP contribution in [0.3, 0.4) is 0 Å². The van der Waals surface area contributed by atoms with E-state index in [1.807, 2.05) is 45.6 Å². The van der Waals surface area contributed by atoms with Crippen molar-refractivity contribution in [2.45, 2.75) is 19.9 Å². The summed E-state index contributed by atoms with van der Waals surface area (Å²) in [7, 11) is 0. The maximum absolute atomic E-state index is 12.1. The zero-order chi connectivity index (χ0) is 18.7. The molecule has 0 amide bonds. The first-order valence-corrected chi connectivity index (χ1v) is 10.2. The van der Waals surface area contributed by atoms with Crippen molar-refractivity contribution in [3.05, 3.63) is 52.9 Å². The first-order chi connectivity index (χ1) is 12.5. The molecule has 0 aliphatic rings. The van der Waals surface area contributed by atoms with Crippen LogP contribution in [0, 0.1) is 0 Å². The van der Waals surface area contributed by atoms with Crippen LogP contribution in [-0.4, -0.2) is 37.2 Å². The minimum Gasteiger partial charge on any atom is -0.297 e.